The Labute approximate surface area is 164 Å². The van der Waals surface area contributed by atoms with Crippen LogP contribution in [0.15, 0.2) is 29.6 Å². The van der Waals surface area contributed by atoms with Gasteiger partial charge in [0.25, 0.3) is 0 Å². The number of aromatic nitrogens is 2. The molecule has 0 spiro atoms. The minimum atomic E-state index is -0.0300. The fourth-order valence-electron chi connectivity index (χ4n) is 3.75. The lowest BCUT2D eigenvalue weighted by atomic mass is 10.0. The lowest BCUT2D eigenvalue weighted by Gasteiger charge is -2.36. The number of rotatable bonds is 3. The summed E-state index contributed by atoms with van der Waals surface area (Å²) in [5.41, 5.74) is 0. The Hall–Kier alpha value is -2.35. The number of urea groups is 1. The quantitative estimate of drug-likeness (QED) is 0.877. The van der Waals surface area contributed by atoms with Crippen LogP contribution in [-0.2, 0) is 0 Å². The summed E-state index contributed by atoms with van der Waals surface area (Å²) in [5.74, 6) is 1.86. The van der Waals surface area contributed by atoms with E-state index < -0.39 is 0 Å². The highest BCUT2D eigenvalue weighted by atomic mass is 32.1. The van der Waals surface area contributed by atoms with Crippen molar-refractivity contribution in [1.82, 2.24) is 15.1 Å². The van der Waals surface area contributed by atoms with Gasteiger partial charge < -0.3 is 14.7 Å². The van der Waals surface area contributed by atoms with E-state index in [1.165, 1.54) is 30.6 Å². The van der Waals surface area contributed by atoms with E-state index in [0.717, 1.165) is 36.3 Å². The number of amides is 2. The van der Waals surface area contributed by atoms with Crippen LogP contribution in [0, 0.1) is 0 Å². The lowest BCUT2D eigenvalue weighted by molar-refractivity contribution is 0.208. The Balaban J connectivity index is 1.32. The number of anilines is 3. The van der Waals surface area contributed by atoms with Gasteiger partial charge in [0.1, 0.15) is 0 Å². The number of carbonyl (C=O) groups excluding carboxylic acids is 1. The molecule has 0 saturated carbocycles. The SMILES string of the molecule is CC1CCCCN1c1ccc(N2CCN(C(=O)Nc3cccs3)CC2)nn1. The zero-order chi connectivity index (χ0) is 18.6. The molecule has 2 fully saturated rings. The first-order valence-corrected chi connectivity index (χ1v) is 10.5. The molecule has 2 aromatic rings. The van der Waals surface area contributed by atoms with Gasteiger partial charge in [-0.2, -0.15) is 0 Å². The van der Waals surface area contributed by atoms with E-state index in [0.29, 0.717) is 19.1 Å². The largest absolute Gasteiger partial charge is 0.352 e. The van der Waals surface area contributed by atoms with Crippen molar-refractivity contribution < 1.29 is 4.79 Å². The third kappa shape index (κ3) is 4.16. The maximum Gasteiger partial charge on any atom is 0.322 e. The monoisotopic (exact) mass is 386 g/mol. The predicted molar refractivity (Wildman–Crippen MR) is 110 cm³/mol. The summed E-state index contributed by atoms with van der Waals surface area (Å²) in [4.78, 5) is 18.7. The third-order valence-electron chi connectivity index (χ3n) is 5.38. The van der Waals surface area contributed by atoms with Crippen LogP contribution in [0.2, 0.25) is 0 Å². The second-order valence-electron chi connectivity index (χ2n) is 7.17. The van der Waals surface area contributed by atoms with Crippen LogP contribution in [-0.4, -0.2) is 59.9 Å². The van der Waals surface area contributed by atoms with Crippen molar-refractivity contribution in [3.05, 3.63) is 29.6 Å². The Morgan fingerprint density at radius 2 is 1.85 bits per heavy atom. The van der Waals surface area contributed by atoms with E-state index in [-0.39, 0.29) is 6.03 Å². The van der Waals surface area contributed by atoms with Gasteiger partial charge in [-0.15, -0.1) is 21.5 Å². The molecular formula is C19H26N6OS. The molecule has 4 heterocycles. The summed E-state index contributed by atoms with van der Waals surface area (Å²) < 4.78 is 0. The summed E-state index contributed by atoms with van der Waals surface area (Å²) in [5, 5.41) is 14.7. The molecular weight excluding hydrogens is 360 g/mol. The summed E-state index contributed by atoms with van der Waals surface area (Å²) in [6, 6.07) is 8.50. The minimum Gasteiger partial charge on any atom is -0.352 e. The van der Waals surface area contributed by atoms with Crippen LogP contribution < -0.4 is 15.1 Å². The van der Waals surface area contributed by atoms with Crippen LogP contribution in [0.4, 0.5) is 21.4 Å². The highest BCUT2D eigenvalue weighted by molar-refractivity contribution is 7.14. The maximum absolute atomic E-state index is 12.3. The molecule has 0 aliphatic carbocycles. The number of thiophene rings is 1. The van der Waals surface area contributed by atoms with Gasteiger partial charge >= 0.3 is 6.03 Å². The van der Waals surface area contributed by atoms with Crippen molar-refractivity contribution in [3.63, 3.8) is 0 Å². The second kappa shape index (κ2) is 8.12. The van der Waals surface area contributed by atoms with E-state index in [9.17, 15) is 4.79 Å². The average molecular weight is 387 g/mol. The van der Waals surface area contributed by atoms with Gasteiger partial charge in [0.15, 0.2) is 11.6 Å². The number of piperidine rings is 1. The van der Waals surface area contributed by atoms with Crippen LogP contribution >= 0.6 is 11.3 Å². The first kappa shape index (κ1) is 18.0. The molecule has 4 rings (SSSR count). The molecule has 2 aliphatic rings. The molecule has 2 saturated heterocycles. The highest BCUT2D eigenvalue weighted by Gasteiger charge is 2.24. The Bertz CT molecular complexity index is 742. The fraction of sp³-hybridized carbons (Fsp3) is 0.526. The van der Waals surface area contributed by atoms with Gasteiger partial charge in [-0.05, 0) is 55.8 Å². The first-order valence-electron chi connectivity index (χ1n) is 9.65. The maximum atomic E-state index is 12.3. The van der Waals surface area contributed by atoms with Crippen molar-refractivity contribution in [2.75, 3.05) is 47.8 Å². The summed E-state index contributed by atoms with van der Waals surface area (Å²) in [6.45, 7) is 6.23. The zero-order valence-corrected chi connectivity index (χ0v) is 16.5. The Morgan fingerprint density at radius 3 is 2.52 bits per heavy atom. The molecule has 2 aromatic heterocycles. The van der Waals surface area contributed by atoms with Gasteiger partial charge in [0, 0.05) is 38.8 Å². The molecule has 7 nitrogen and oxygen atoms in total. The van der Waals surface area contributed by atoms with Crippen LogP contribution in [0.1, 0.15) is 26.2 Å². The molecule has 2 aliphatic heterocycles. The molecule has 0 bridgehead atoms. The molecule has 1 unspecified atom stereocenters. The van der Waals surface area contributed by atoms with E-state index >= 15 is 0 Å². The fourth-order valence-corrected chi connectivity index (χ4v) is 4.36. The summed E-state index contributed by atoms with van der Waals surface area (Å²) >= 11 is 1.53. The molecule has 1 atom stereocenters. The zero-order valence-electron chi connectivity index (χ0n) is 15.7. The van der Waals surface area contributed by atoms with Crippen LogP contribution in [0.5, 0.6) is 0 Å². The topological polar surface area (TPSA) is 64.6 Å². The number of hydrogen-bond donors (Lipinski definition) is 1. The average Bonchev–Trinajstić information content (AvgIpc) is 3.22. The first-order chi connectivity index (χ1) is 13.2. The van der Waals surface area contributed by atoms with Gasteiger partial charge in [0.05, 0.1) is 5.00 Å². The van der Waals surface area contributed by atoms with Crippen molar-refractivity contribution >= 4 is 34.0 Å². The third-order valence-corrected chi connectivity index (χ3v) is 6.16. The van der Waals surface area contributed by atoms with Gasteiger partial charge in [-0.1, -0.05) is 0 Å². The molecule has 8 heteroatoms. The van der Waals surface area contributed by atoms with E-state index in [1.807, 2.05) is 22.4 Å². The van der Waals surface area contributed by atoms with Gasteiger partial charge in [-0.25, -0.2) is 4.79 Å². The standard InChI is InChI=1S/C19H26N6OS/c1-15-5-2-3-9-25(15)17-8-7-16(21-22-17)23-10-12-24(13-11-23)19(26)20-18-6-4-14-27-18/h4,6-8,14-15H,2-3,5,9-13H2,1H3,(H,20,26). The molecule has 2 amide bonds. The molecule has 144 valence electrons. The van der Waals surface area contributed by atoms with Crippen molar-refractivity contribution in [1.29, 1.82) is 0 Å². The number of piperazine rings is 1. The Kier molecular flexibility index (Phi) is 5.42. The smallest absolute Gasteiger partial charge is 0.322 e. The van der Waals surface area contributed by atoms with E-state index in [1.54, 1.807) is 0 Å². The second-order valence-corrected chi connectivity index (χ2v) is 8.12. The van der Waals surface area contributed by atoms with Crippen molar-refractivity contribution in [2.45, 2.75) is 32.2 Å². The molecule has 0 aromatic carbocycles. The van der Waals surface area contributed by atoms with Crippen LogP contribution in [0.25, 0.3) is 0 Å². The van der Waals surface area contributed by atoms with Crippen molar-refractivity contribution in [2.24, 2.45) is 0 Å². The summed E-state index contributed by atoms with van der Waals surface area (Å²) in [6.07, 6.45) is 3.75. The van der Waals surface area contributed by atoms with E-state index in [4.69, 9.17) is 0 Å². The number of carbonyl (C=O) groups is 1. The summed E-state index contributed by atoms with van der Waals surface area (Å²) in [7, 11) is 0. The minimum absolute atomic E-state index is 0.0300. The normalized spacial score (nSPS) is 20.6. The van der Waals surface area contributed by atoms with Crippen LogP contribution in [0.3, 0.4) is 0 Å². The molecule has 27 heavy (non-hydrogen) atoms. The number of nitrogens with one attached hydrogen (secondary N) is 1. The van der Waals surface area contributed by atoms with Gasteiger partial charge in [0.2, 0.25) is 0 Å². The Morgan fingerprint density at radius 1 is 1.07 bits per heavy atom. The molecule has 1 N–H and O–H groups in total. The van der Waals surface area contributed by atoms with E-state index in [2.05, 4.69) is 44.4 Å². The lowest BCUT2D eigenvalue weighted by Crippen LogP contribution is -2.50. The highest BCUT2D eigenvalue weighted by Crippen LogP contribution is 2.24. The number of hydrogen-bond acceptors (Lipinski definition) is 6. The van der Waals surface area contributed by atoms with Gasteiger partial charge in [-0.3, -0.25) is 5.32 Å². The predicted octanol–water partition coefficient (Wildman–Crippen LogP) is 3.27. The number of nitrogens with zero attached hydrogens (tertiary/aromatic N) is 5. The molecule has 0 radical (unpaired) electrons. The van der Waals surface area contributed by atoms with Crippen molar-refractivity contribution in [3.8, 4) is 0 Å².